The fourth-order valence-corrected chi connectivity index (χ4v) is 4.50. The normalized spacial score (nSPS) is 18.8. The number of carboxylic acid groups (broad SMARTS) is 1. The third kappa shape index (κ3) is 5.62. The summed E-state index contributed by atoms with van der Waals surface area (Å²) in [6.07, 6.45) is 3.76. The van der Waals surface area contributed by atoms with Gasteiger partial charge >= 0.3 is 17.7 Å². The molecule has 3 amide bonds. The molecule has 34 heavy (non-hydrogen) atoms. The maximum absolute atomic E-state index is 12.9. The molecule has 0 spiro atoms. The van der Waals surface area contributed by atoms with Crippen molar-refractivity contribution in [2.24, 2.45) is 0 Å². The number of aromatic nitrogens is 2. The Morgan fingerprint density at radius 1 is 1.18 bits per heavy atom. The number of piperidine rings is 1. The molecule has 1 saturated heterocycles. The monoisotopic (exact) mass is 469 g/mol. The molecule has 10 nitrogen and oxygen atoms in total. The largest absolute Gasteiger partial charge is 0.480 e. The van der Waals surface area contributed by atoms with Crippen molar-refractivity contribution >= 4 is 23.7 Å². The Labute approximate surface area is 197 Å². The second-order valence-electron chi connectivity index (χ2n) is 8.89. The predicted octanol–water partition coefficient (Wildman–Crippen LogP) is 2.61. The van der Waals surface area contributed by atoms with Gasteiger partial charge in [-0.15, -0.1) is 0 Å². The second-order valence-corrected chi connectivity index (χ2v) is 8.89. The van der Waals surface area contributed by atoms with Crippen molar-refractivity contribution in [2.75, 3.05) is 5.32 Å². The quantitative estimate of drug-likeness (QED) is 0.512. The molecule has 1 fully saturated rings. The van der Waals surface area contributed by atoms with Gasteiger partial charge in [0.1, 0.15) is 11.9 Å². The van der Waals surface area contributed by atoms with E-state index >= 15 is 0 Å². The molecule has 1 aromatic carbocycles. The first-order valence-corrected chi connectivity index (χ1v) is 11.4. The van der Waals surface area contributed by atoms with E-state index in [1.54, 1.807) is 30.9 Å². The minimum absolute atomic E-state index is 0.000132. The maximum atomic E-state index is 12.9. The van der Waals surface area contributed by atoms with Crippen LogP contribution in [-0.4, -0.2) is 56.0 Å². The highest BCUT2D eigenvalue weighted by atomic mass is 16.4. The van der Waals surface area contributed by atoms with E-state index in [1.807, 2.05) is 19.9 Å². The van der Waals surface area contributed by atoms with Gasteiger partial charge in [-0.1, -0.05) is 18.2 Å². The van der Waals surface area contributed by atoms with Gasteiger partial charge in [-0.05, 0) is 58.1 Å². The molecule has 0 bridgehead atoms. The molecule has 182 valence electrons. The summed E-state index contributed by atoms with van der Waals surface area (Å²) in [6, 6.07) is 3.71. The van der Waals surface area contributed by atoms with E-state index in [0.29, 0.717) is 5.56 Å². The Bertz CT molecular complexity index is 1110. The van der Waals surface area contributed by atoms with E-state index in [0.717, 1.165) is 30.4 Å². The van der Waals surface area contributed by atoms with Crippen LogP contribution in [0.4, 0.5) is 10.6 Å². The summed E-state index contributed by atoms with van der Waals surface area (Å²) in [5.74, 6) is -1.62. The van der Waals surface area contributed by atoms with Crippen LogP contribution in [0.3, 0.4) is 0 Å². The van der Waals surface area contributed by atoms with E-state index in [2.05, 4.69) is 20.6 Å². The summed E-state index contributed by atoms with van der Waals surface area (Å²) in [5.41, 5.74) is 1.58. The molecule has 4 N–H and O–H groups in total. The van der Waals surface area contributed by atoms with Crippen LogP contribution in [0, 0.1) is 13.8 Å². The van der Waals surface area contributed by atoms with Crippen LogP contribution < -0.4 is 16.3 Å². The zero-order valence-electron chi connectivity index (χ0n) is 19.8. The van der Waals surface area contributed by atoms with Gasteiger partial charge in [0.25, 0.3) is 5.91 Å². The minimum atomic E-state index is -1.28. The highest BCUT2D eigenvalue weighted by Crippen LogP contribution is 2.23. The molecule has 0 aliphatic carbocycles. The van der Waals surface area contributed by atoms with Crippen molar-refractivity contribution in [1.82, 2.24) is 20.2 Å². The van der Waals surface area contributed by atoms with Crippen molar-refractivity contribution in [3.63, 3.8) is 0 Å². The molecular formula is C24H31N5O5. The highest BCUT2D eigenvalue weighted by Gasteiger charge is 2.32. The van der Waals surface area contributed by atoms with Gasteiger partial charge < -0.3 is 20.6 Å². The molecule has 3 unspecified atom stereocenters. The molecule has 1 aromatic heterocycles. The number of H-pyrrole nitrogens is 1. The molecule has 1 aliphatic heterocycles. The van der Waals surface area contributed by atoms with E-state index in [1.165, 1.54) is 6.20 Å². The SMILES string of the molecule is Cc1cccc(C)c1C(=O)Nc1[nH]c(=O)ncc1CC(NC(=O)N1C(C)CCCC1C)C(=O)O. The molecule has 2 heterocycles. The standard InChI is InChI=1S/C24H31N5O5/c1-13-7-5-8-14(2)19(13)21(30)27-20-17(12-25-23(33)28-20)11-18(22(31)32)26-24(34)29-15(3)9-6-10-16(29)4/h5,7-8,12,15-16,18H,6,9-11H2,1-4H3,(H,26,34)(H,31,32)(H2,25,27,28,30,33). The number of carbonyl (C=O) groups is 3. The number of aliphatic carboxylic acids is 1. The summed E-state index contributed by atoms with van der Waals surface area (Å²) >= 11 is 0. The lowest BCUT2D eigenvalue weighted by atomic mass is 9.98. The molecule has 0 saturated carbocycles. The Kier molecular flexibility index (Phi) is 7.70. The number of carbonyl (C=O) groups excluding carboxylic acids is 2. The molecular weight excluding hydrogens is 438 g/mol. The Morgan fingerprint density at radius 3 is 2.38 bits per heavy atom. The average Bonchev–Trinajstić information content (AvgIpc) is 2.74. The number of carboxylic acids is 1. The Balaban J connectivity index is 1.83. The third-order valence-corrected chi connectivity index (χ3v) is 6.29. The Morgan fingerprint density at radius 2 is 1.79 bits per heavy atom. The summed E-state index contributed by atoms with van der Waals surface area (Å²) in [5, 5.41) is 15.0. The van der Waals surface area contributed by atoms with Crippen LogP contribution in [0.1, 0.15) is 60.2 Å². The number of aryl methyl sites for hydroxylation is 2. The van der Waals surface area contributed by atoms with Crippen LogP contribution in [0.5, 0.6) is 0 Å². The van der Waals surface area contributed by atoms with E-state index in [9.17, 15) is 24.3 Å². The number of anilines is 1. The zero-order chi connectivity index (χ0) is 25.0. The molecule has 0 radical (unpaired) electrons. The number of rotatable bonds is 6. The molecule has 1 aliphatic rings. The number of aromatic amines is 1. The number of benzene rings is 1. The molecule has 10 heteroatoms. The van der Waals surface area contributed by atoms with E-state index < -0.39 is 29.6 Å². The van der Waals surface area contributed by atoms with Crippen LogP contribution in [0.2, 0.25) is 0 Å². The topological polar surface area (TPSA) is 144 Å². The number of hydrogen-bond acceptors (Lipinski definition) is 5. The van der Waals surface area contributed by atoms with Crippen molar-refractivity contribution < 1.29 is 19.5 Å². The van der Waals surface area contributed by atoms with Crippen LogP contribution in [0.15, 0.2) is 29.2 Å². The lowest BCUT2D eigenvalue weighted by Crippen LogP contribution is -2.55. The van der Waals surface area contributed by atoms with E-state index in [4.69, 9.17) is 0 Å². The summed E-state index contributed by atoms with van der Waals surface area (Å²) in [6.45, 7) is 7.49. The van der Waals surface area contributed by atoms with Crippen molar-refractivity contribution in [2.45, 2.75) is 71.5 Å². The van der Waals surface area contributed by atoms with Crippen LogP contribution >= 0.6 is 0 Å². The lowest BCUT2D eigenvalue weighted by molar-refractivity contribution is -0.139. The van der Waals surface area contributed by atoms with Gasteiger partial charge in [0.15, 0.2) is 0 Å². The zero-order valence-corrected chi connectivity index (χ0v) is 19.8. The smallest absolute Gasteiger partial charge is 0.346 e. The predicted molar refractivity (Wildman–Crippen MR) is 127 cm³/mol. The average molecular weight is 470 g/mol. The first-order chi connectivity index (χ1) is 16.1. The summed E-state index contributed by atoms with van der Waals surface area (Å²) in [4.78, 5) is 57.5. The lowest BCUT2D eigenvalue weighted by Gasteiger charge is -2.39. The van der Waals surface area contributed by atoms with Crippen LogP contribution in [0.25, 0.3) is 0 Å². The van der Waals surface area contributed by atoms with Gasteiger partial charge in [-0.3, -0.25) is 9.78 Å². The summed E-state index contributed by atoms with van der Waals surface area (Å²) < 4.78 is 0. The summed E-state index contributed by atoms with van der Waals surface area (Å²) in [7, 11) is 0. The first-order valence-electron chi connectivity index (χ1n) is 11.4. The number of urea groups is 1. The molecule has 3 rings (SSSR count). The van der Waals surface area contributed by atoms with Gasteiger partial charge in [0.05, 0.1) is 0 Å². The van der Waals surface area contributed by atoms with Gasteiger partial charge in [-0.2, -0.15) is 0 Å². The number of nitrogens with zero attached hydrogens (tertiary/aromatic N) is 2. The third-order valence-electron chi connectivity index (χ3n) is 6.29. The molecule has 3 atom stereocenters. The first kappa shape index (κ1) is 24.9. The number of likely N-dealkylation sites (tertiary alicyclic amines) is 1. The van der Waals surface area contributed by atoms with Gasteiger partial charge in [0, 0.05) is 35.8 Å². The highest BCUT2D eigenvalue weighted by molar-refractivity contribution is 6.06. The minimum Gasteiger partial charge on any atom is -0.480 e. The maximum Gasteiger partial charge on any atom is 0.346 e. The number of hydrogen-bond donors (Lipinski definition) is 4. The van der Waals surface area contributed by atoms with Gasteiger partial charge in [-0.25, -0.2) is 19.4 Å². The molecule has 2 aromatic rings. The van der Waals surface area contributed by atoms with Crippen molar-refractivity contribution in [1.29, 1.82) is 0 Å². The Hall–Kier alpha value is -3.69. The van der Waals surface area contributed by atoms with E-state index in [-0.39, 0.29) is 29.9 Å². The second kappa shape index (κ2) is 10.5. The number of nitrogens with one attached hydrogen (secondary N) is 3. The van der Waals surface area contributed by atoms with Crippen molar-refractivity contribution in [3.05, 3.63) is 57.1 Å². The fraction of sp³-hybridized carbons (Fsp3) is 0.458. The van der Waals surface area contributed by atoms with Crippen molar-refractivity contribution in [3.8, 4) is 0 Å². The number of amides is 3. The van der Waals surface area contributed by atoms with Gasteiger partial charge in [0.2, 0.25) is 0 Å². The van der Waals surface area contributed by atoms with Crippen LogP contribution in [-0.2, 0) is 11.2 Å². The fourth-order valence-electron chi connectivity index (χ4n) is 4.50.